The standard InChI is InChI=1S/C27H56O/c1-7-9-10-11-12-13-19-24(4)26(6)25(5)22-27(16-8-2)20-14-17-23(3)18-15-21-28/h23-28H,7-22H2,1-6H3. The summed E-state index contributed by atoms with van der Waals surface area (Å²) < 4.78 is 0. The molecule has 0 spiro atoms. The van der Waals surface area contributed by atoms with E-state index in [2.05, 4.69) is 41.5 Å². The van der Waals surface area contributed by atoms with Crippen LogP contribution < -0.4 is 0 Å². The number of aliphatic hydroxyl groups is 1. The summed E-state index contributed by atoms with van der Waals surface area (Å²) in [6, 6.07) is 0. The number of aliphatic hydroxyl groups excluding tert-OH is 1. The van der Waals surface area contributed by atoms with Gasteiger partial charge in [0, 0.05) is 6.61 Å². The van der Waals surface area contributed by atoms with Gasteiger partial charge in [0.1, 0.15) is 0 Å². The highest BCUT2D eigenvalue weighted by atomic mass is 16.2. The second-order valence-electron chi connectivity index (χ2n) is 10.2. The zero-order valence-corrected chi connectivity index (χ0v) is 20.6. The third-order valence-electron chi connectivity index (χ3n) is 7.37. The van der Waals surface area contributed by atoms with E-state index in [1.165, 1.54) is 89.9 Å². The van der Waals surface area contributed by atoms with Crippen LogP contribution >= 0.6 is 0 Å². The van der Waals surface area contributed by atoms with Crippen molar-refractivity contribution >= 4 is 0 Å². The van der Waals surface area contributed by atoms with Gasteiger partial charge in [0.15, 0.2) is 0 Å². The van der Waals surface area contributed by atoms with Gasteiger partial charge in [-0.15, -0.1) is 0 Å². The summed E-state index contributed by atoms with van der Waals surface area (Å²) in [6.07, 6.45) is 20.4. The molecule has 0 bridgehead atoms. The summed E-state index contributed by atoms with van der Waals surface area (Å²) in [7, 11) is 0. The lowest BCUT2D eigenvalue weighted by molar-refractivity contribution is 0.210. The molecule has 5 atom stereocenters. The van der Waals surface area contributed by atoms with Crippen molar-refractivity contribution in [1.29, 1.82) is 0 Å². The molecule has 0 amide bonds. The number of unbranched alkanes of at least 4 members (excludes halogenated alkanes) is 5. The van der Waals surface area contributed by atoms with Crippen molar-refractivity contribution in [2.45, 2.75) is 138 Å². The third kappa shape index (κ3) is 14.9. The number of hydrogen-bond acceptors (Lipinski definition) is 1. The second kappa shape index (κ2) is 19.0. The van der Waals surface area contributed by atoms with Gasteiger partial charge in [-0.1, -0.05) is 119 Å². The van der Waals surface area contributed by atoms with Crippen molar-refractivity contribution in [2.24, 2.45) is 29.6 Å². The van der Waals surface area contributed by atoms with E-state index in [9.17, 15) is 0 Å². The Balaban J connectivity index is 4.14. The van der Waals surface area contributed by atoms with Gasteiger partial charge in [0.05, 0.1) is 0 Å². The minimum atomic E-state index is 0.356. The van der Waals surface area contributed by atoms with Crippen LogP contribution in [-0.4, -0.2) is 11.7 Å². The van der Waals surface area contributed by atoms with Crippen molar-refractivity contribution in [3.63, 3.8) is 0 Å². The first-order chi connectivity index (χ1) is 13.5. The molecule has 0 heterocycles. The molecule has 28 heavy (non-hydrogen) atoms. The lowest BCUT2D eigenvalue weighted by Crippen LogP contribution is -2.20. The van der Waals surface area contributed by atoms with Crippen LogP contribution in [0.4, 0.5) is 0 Å². The molecule has 0 aliphatic heterocycles. The summed E-state index contributed by atoms with van der Waals surface area (Å²) in [5, 5.41) is 9.00. The topological polar surface area (TPSA) is 20.2 Å². The van der Waals surface area contributed by atoms with Crippen molar-refractivity contribution in [3.8, 4) is 0 Å². The van der Waals surface area contributed by atoms with Crippen molar-refractivity contribution in [3.05, 3.63) is 0 Å². The van der Waals surface area contributed by atoms with Crippen molar-refractivity contribution in [1.82, 2.24) is 0 Å². The molecule has 0 rings (SSSR count). The van der Waals surface area contributed by atoms with E-state index in [4.69, 9.17) is 5.11 Å². The molecule has 0 aromatic rings. The highest BCUT2D eigenvalue weighted by molar-refractivity contribution is 4.73. The summed E-state index contributed by atoms with van der Waals surface area (Å²) in [5.41, 5.74) is 0. The Kier molecular flexibility index (Phi) is 18.9. The molecule has 0 radical (unpaired) electrons. The second-order valence-corrected chi connectivity index (χ2v) is 10.2. The van der Waals surface area contributed by atoms with Crippen LogP contribution in [-0.2, 0) is 0 Å². The van der Waals surface area contributed by atoms with Crippen LogP contribution in [0.25, 0.3) is 0 Å². The lowest BCUT2D eigenvalue weighted by Gasteiger charge is -2.29. The van der Waals surface area contributed by atoms with Crippen LogP contribution in [0.15, 0.2) is 0 Å². The number of hydrogen-bond donors (Lipinski definition) is 1. The van der Waals surface area contributed by atoms with Crippen molar-refractivity contribution in [2.75, 3.05) is 6.61 Å². The Bertz CT molecular complexity index is 313. The molecule has 0 fully saturated rings. The molecule has 0 aromatic heterocycles. The van der Waals surface area contributed by atoms with Crippen molar-refractivity contribution < 1.29 is 5.11 Å². The van der Waals surface area contributed by atoms with E-state index in [-0.39, 0.29) is 0 Å². The average Bonchev–Trinajstić information content (AvgIpc) is 2.68. The van der Waals surface area contributed by atoms with Gasteiger partial charge >= 0.3 is 0 Å². The van der Waals surface area contributed by atoms with E-state index >= 15 is 0 Å². The van der Waals surface area contributed by atoms with Gasteiger partial charge in [-0.3, -0.25) is 0 Å². The van der Waals surface area contributed by atoms with Crippen LogP contribution in [0.1, 0.15) is 138 Å². The Hall–Kier alpha value is -0.0400. The molecule has 0 saturated carbocycles. The Labute approximate surface area is 179 Å². The quantitative estimate of drug-likeness (QED) is 0.203. The zero-order chi connectivity index (χ0) is 21.2. The first-order valence-corrected chi connectivity index (χ1v) is 13.1. The molecule has 0 aliphatic rings. The van der Waals surface area contributed by atoms with Crippen LogP contribution in [0.5, 0.6) is 0 Å². The summed E-state index contributed by atoms with van der Waals surface area (Å²) in [4.78, 5) is 0. The molecule has 1 nitrogen and oxygen atoms in total. The van der Waals surface area contributed by atoms with E-state index in [0.717, 1.165) is 36.0 Å². The Morgan fingerprint density at radius 2 is 1.21 bits per heavy atom. The highest BCUT2D eigenvalue weighted by Crippen LogP contribution is 2.33. The van der Waals surface area contributed by atoms with Crippen LogP contribution in [0.2, 0.25) is 0 Å². The zero-order valence-electron chi connectivity index (χ0n) is 20.6. The molecular weight excluding hydrogens is 340 g/mol. The molecular formula is C27H56O. The van der Waals surface area contributed by atoms with Gasteiger partial charge in [-0.2, -0.15) is 0 Å². The van der Waals surface area contributed by atoms with Gasteiger partial charge < -0.3 is 5.11 Å². The fourth-order valence-electron chi connectivity index (χ4n) is 4.94. The summed E-state index contributed by atoms with van der Waals surface area (Å²) in [6.45, 7) is 14.9. The highest BCUT2D eigenvalue weighted by Gasteiger charge is 2.22. The maximum absolute atomic E-state index is 9.00. The van der Waals surface area contributed by atoms with E-state index in [1.54, 1.807) is 0 Å². The Morgan fingerprint density at radius 3 is 1.86 bits per heavy atom. The van der Waals surface area contributed by atoms with Gasteiger partial charge in [-0.25, -0.2) is 0 Å². The predicted molar refractivity (Wildman–Crippen MR) is 128 cm³/mol. The monoisotopic (exact) mass is 396 g/mol. The fourth-order valence-corrected chi connectivity index (χ4v) is 4.94. The molecule has 5 unspecified atom stereocenters. The van der Waals surface area contributed by atoms with E-state index in [1.807, 2.05) is 0 Å². The van der Waals surface area contributed by atoms with Crippen LogP contribution in [0, 0.1) is 29.6 Å². The normalized spacial score (nSPS) is 17.2. The van der Waals surface area contributed by atoms with Crippen LogP contribution in [0.3, 0.4) is 0 Å². The largest absolute Gasteiger partial charge is 0.396 e. The molecule has 0 saturated heterocycles. The SMILES string of the molecule is CCCCCCCCC(C)C(C)C(C)CC(CCC)CCCC(C)CCCO. The molecule has 170 valence electrons. The lowest BCUT2D eigenvalue weighted by atomic mass is 9.76. The predicted octanol–water partition coefficient (Wildman–Crippen LogP) is 9.03. The first kappa shape index (κ1) is 28.0. The summed E-state index contributed by atoms with van der Waals surface area (Å²) >= 11 is 0. The molecule has 0 aromatic carbocycles. The molecule has 1 N–H and O–H groups in total. The van der Waals surface area contributed by atoms with Gasteiger partial charge in [0.2, 0.25) is 0 Å². The summed E-state index contributed by atoms with van der Waals surface area (Å²) in [5.74, 6) is 4.30. The van der Waals surface area contributed by atoms with Gasteiger partial charge in [-0.05, 0) is 48.9 Å². The average molecular weight is 397 g/mol. The minimum Gasteiger partial charge on any atom is -0.396 e. The van der Waals surface area contributed by atoms with E-state index < -0.39 is 0 Å². The molecule has 0 aliphatic carbocycles. The maximum Gasteiger partial charge on any atom is 0.0431 e. The minimum absolute atomic E-state index is 0.356. The third-order valence-corrected chi connectivity index (χ3v) is 7.37. The van der Waals surface area contributed by atoms with E-state index in [0.29, 0.717) is 6.61 Å². The number of rotatable bonds is 20. The fraction of sp³-hybridized carbons (Fsp3) is 1.00. The Morgan fingerprint density at radius 1 is 0.571 bits per heavy atom. The first-order valence-electron chi connectivity index (χ1n) is 13.1. The van der Waals surface area contributed by atoms with Gasteiger partial charge in [0.25, 0.3) is 0 Å². The maximum atomic E-state index is 9.00. The molecule has 1 heteroatoms. The smallest absolute Gasteiger partial charge is 0.0431 e.